The maximum absolute atomic E-state index is 6.86. The van der Waals surface area contributed by atoms with Crippen molar-refractivity contribution >= 4 is 191 Å². The van der Waals surface area contributed by atoms with Gasteiger partial charge >= 0.3 is 0 Å². The average Bonchev–Trinajstić information content (AvgIpc) is 1.83. The summed E-state index contributed by atoms with van der Waals surface area (Å²) >= 11 is 0. The number of nitrogens with zero attached hydrogens (tertiary/aromatic N) is 2. The highest BCUT2D eigenvalue weighted by molar-refractivity contribution is 6.92. The molecule has 17 rings (SSSR count). The lowest BCUT2D eigenvalue weighted by atomic mass is 10.0. The standard InChI is InChI=1S/C76H56N2O4Si2/c1-83(2,3)75-53-19-9-7-17-45(53)31-35-65(75)77(63-25-15-23-57-55-21-11-13-27-67(55)81-73(57)63)51-33-29-47-39-59-61-43-62-60-40-48-30-34-52(38-50(48)42-70(60)80-72(62)44-71(61)79-69(59)41-49(47)37-51)78(64-26-16-24-58-56-22-12-14-28-68(56)82-74(58)64)66-36-32-46-18-8-10-20-54(46)76(66)84(4,5)6/h7-44H,1-6H3. The summed E-state index contributed by atoms with van der Waals surface area (Å²) in [6.07, 6.45) is 0. The molecule has 4 aromatic heterocycles. The minimum atomic E-state index is -1.98. The fraction of sp³-hybridized carbons (Fsp3) is 0.0789. The molecule has 0 saturated carbocycles. The fourth-order valence-electron chi connectivity index (χ4n) is 13.9. The quantitative estimate of drug-likeness (QED) is 0.141. The molecule has 84 heavy (non-hydrogen) atoms. The summed E-state index contributed by atoms with van der Waals surface area (Å²) in [6, 6.07) is 83.7. The molecule has 4 heterocycles. The van der Waals surface area contributed by atoms with Crippen LogP contribution in [0.1, 0.15) is 0 Å². The number of furan rings is 4. The second-order valence-electron chi connectivity index (χ2n) is 24.8. The van der Waals surface area contributed by atoms with E-state index in [2.05, 4.69) is 267 Å². The maximum Gasteiger partial charge on any atom is 0.159 e. The van der Waals surface area contributed by atoms with Gasteiger partial charge in [-0.3, -0.25) is 0 Å². The molecular formula is C76H56N2O4Si2. The summed E-state index contributed by atoms with van der Waals surface area (Å²) in [7, 11) is -3.96. The molecule has 0 aliphatic heterocycles. The van der Waals surface area contributed by atoms with Gasteiger partial charge in [0.1, 0.15) is 33.5 Å². The Morgan fingerprint density at radius 1 is 0.238 bits per heavy atom. The van der Waals surface area contributed by atoms with Gasteiger partial charge in [0, 0.05) is 71.9 Å². The average molecular weight is 1120 g/mol. The predicted octanol–water partition coefficient (Wildman–Crippen LogP) is 21.9. The van der Waals surface area contributed by atoms with Crippen LogP contribution >= 0.6 is 0 Å². The molecule has 0 spiro atoms. The Labute approximate surface area is 485 Å². The van der Waals surface area contributed by atoms with Gasteiger partial charge in [0.15, 0.2) is 11.2 Å². The summed E-state index contributed by atoms with van der Waals surface area (Å²) in [5.74, 6) is 0. The van der Waals surface area contributed by atoms with E-state index in [9.17, 15) is 0 Å². The second kappa shape index (κ2) is 17.8. The highest BCUT2D eigenvalue weighted by Gasteiger charge is 2.31. The van der Waals surface area contributed by atoms with E-state index in [1.807, 2.05) is 12.1 Å². The van der Waals surface area contributed by atoms with E-state index in [-0.39, 0.29) is 0 Å². The van der Waals surface area contributed by atoms with E-state index in [0.717, 1.165) is 132 Å². The Hall–Kier alpha value is -9.87. The molecule has 0 saturated heterocycles. The number of benzene rings is 13. The smallest absolute Gasteiger partial charge is 0.159 e. The SMILES string of the molecule is C[Si](C)(C)c1c(N(c2ccc3cc4c(cc3c2)oc2cc3oc5cc6cc(N(c7ccc8ccccc8c7[Si](C)(C)C)c7cccc8c7oc7ccccc78)ccc6cc5c3cc24)c2cccc3c2oc2ccccc23)ccc2ccccc12. The largest absolute Gasteiger partial charge is 0.456 e. The molecule has 0 radical (unpaired) electrons. The fourth-order valence-corrected chi connectivity index (χ4v) is 17.9. The Balaban J connectivity index is 0.803. The predicted molar refractivity (Wildman–Crippen MR) is 361 cm³/mol. The minimum Gasteiger partial charge on any atom is -0.456 e. The van der Waals surface area contributed by atoms with Gasteiger partial charge in [0.25, 0.3) is 0 Å². The highest BCUT2D eigenvalue weighted by atomic mass is 28.3. The van der Waals surface area contributed by atoms with E-state index in [0.29, 0.717) is 0 Å². The Morgan fingerprint density at radius 2 is 0.619 bits per heavy atom. The van der Waals surface area contributed by atoms with Crippen molar-refractivity contribution in [2.75, 3.05) is 9.80 Å². The van der Waals surface area contributed by atoms with Crippen LogP contribution in [-0.2, 0) is 0 Å². The van der Waals surface area contributed by atoms with Crippen molar-refractivity contribution in [2.24, 2.45) is 0 Å². The van der Waals surface area contributed by atoms with Crippen LogP contribution in [0.25, 0.3) is 131 Å². The molecule has 8 heteroatoms. The third-order valence-electron chi connectivity index (χ3n) is 17.5. The lowest BCUT2D eigenvalue weighted by Crippen LogP contribution is -2.41. The first kappa shape index (κ1) is 48.8. The second-order valence-corrected chi connectivity index (χ2v) is 34.8. The summed E-state index contributed by atoms with van der Waals surface area (Å²) in [5.41, 5.74) is 13.2. The van der Waals surface area contributed by atoms with E-state index in [1.54, 1.807) is 0 Å². The zero-order chi connectivity index (χ0) is 56.3. The molecule has 0 atom stereocenters. The van der Waals surface area contributed by atoms with Gasteiger partial charge < -0.3 is 27.5 Å². The van der Waals surface area contributed by atoms with Crippen LogP contribution < -0.4 is 20.2 Å². The Kier molecular flexibility index (Phi) is 10.4. The summed E-state index contributed by atoms with van der Waals surface area (Å²) < 4.78 is 27.3. The molecule has 13 aromatic carbocycles. The Bertz CT molecular complexity index is 5290. The van der Waals surface area contributed by atoms with Crippen molar-refractivity contribution in [2.45, 2.75) is 39.3 Å². The summed E-state index contributed by atoms with van der Waals surface area (Å²) in [4.78, 5) is 4.87. The molecule has 0 fully saturated rings. The molecule has 0 aliphatic carbocycles. The number of hydrogen-bond acceptors (Lipinski definition) is 6. The monoisotopic (exact) mass is 1120 g/mol. The van der Waals surface area contributed by atoms with Crippen LogP contribution in [0.2, 0.25) is 39.3 Å². The van der Waals surface area contributed by atoms with Gasteiger partial charge in [0.05, 0.1) is 27.5 Å². The van der Waals surface area contributed by atoms with Crippen LogP contribution in [-0.4, -0.2) is 16.1 Å². The third kappa shape index (κ3) is 7.40. The van der Waals surface area contributed by atoms with Crippen molar-refractivity contribution < 1.29 is 17.7 Å². The molecule has 17 aromatic rings. The van der Waals surface area contributed by atoms with Crippen LogP contribution in [0, 0.1) is 0 Å². The summed E-state index contributed by atoms with van der Waals surface area (Å²) in [5, 5.41) is 21.0. The molecule has 402 valence electrons. The van der Waals surface area contributed by atoms with Gasteiger partial charge in [-0.2, -0.15) is 0 Å². The number of para-hydroxylation sites is 4. The van der Waals surface area contributed by atoms with Crippen LogP contribution in [0.5, 0.6) is 0 Å². The van der Waals surface area contributed by atoms with Gasteiger partial charge in [-0.15, -0.1) is 0 Å². The molecule has 0 amide bonds. The van der Waals surface area contributed by atoms with Crippen molar-refractivity contribution in [1.82, 2.24) is 0 Å². The van der Waals surface area contributed by atoms with Crippen molar-refractivity contribution in [3.05, 3.63) is 231 Å². The van der Waals surface area contributed by atoms with E-state index < -0.39 is 16.1 Å². The Morgan fingerprint density at radius 3 is 1.07 bits per heavy atom. The molecule has 6 nitrogen and oxygen atoms in total. The first-order valence-corrected chi connectivity index (χ1v) is 36.0. The topological polar surface area (TPSA) is 59.0 Å². The number of anilines is 6. The summed E-state index contributed by atoms with van der Waals surface area (Å²) in [6.45, 7) is 14.7. The van der Waals surface area contributed by atoms with Crippen LogP contribution in [0.4, 0.5) is 34.1 Å². The molecule has 0 N–H and O–H groups in total. The van der Waals surface area contributed by atoms with Gasteiger partial charge in [0.2, 0.25) is 0 Å². The lowest BCUT2D eigenvalue weighted by molar-refractivity contribution is 0.656. The minimum absolute atomic E-state index is 0.789. The third-order valence-corrected chi connectivity index (χ3v) is 21.6. The van der Waals surface area contributed by atoms with E-state index in [1.165, 1.54) is 43.3 Å². The van der Waals surface area contributed by atoms with E-state index in [4.69, 9.17) is 17.7 Å². The maximum atomic E-state index is 6.86. The van der Waals surface area contributed by atoms with Crippen LogP contribution in [0.15, 0.2) is 248 Å². The molecule has 0 aliphatic rings. The van der Waals surface area contributed by atoms with Gasteiger partial charge in [-0.1, -0.05) is 173 Å². The number of fused-ring (bicyclic) bond motifs is 16. The van der Waals surface area contributed by atoms with Crippen molar-refractivity contribution in [3.8, 4) is 0 Å². The zero-order valence-corrected chi connectivity index (χ0v) is 49.5. The van der Waals surface area contributed by atoms with Crippen molar-refractivity contribution in [1.29, 1.82) is 0 Å². The van der Waals surface area contributed by atoms with Crippen molar-refractivity contribution in [3.63, 3.8) is 0 Å². The highest BCUT2D eigenvalue weighted by Crippen LogP contribution is 2.48. The van der Waals surface area contributed by atoms with Gasteiger partial charge in [-0.05, 0) is 144 Å². The number of hydrogen-bond donors (Lipinski definition) is 0. The van der Waals surface area contributed by atoms with Crippen LogP contribution in [0.3, 0.4) is 0 Å². The first-order valence-electron chi connectivity index (χ1n) is 29.0. The number of rotatable bonds is 8. The molecule has 0 bridgehead atoms. The molecular weight excluding hydrogens is 1060 g/mol. The zero-order valence-electron chi connectivity index (χ0n) is 47.5. The lowest BCUT2D eigenvalue weighted by Gasteiger charge is -2.32. The first-order chi connectivity index (χ1) is 40.9. The normalized spacial score (nSPS) is 12.6. The molecule has 0 unspecified atom stereocenters. The van der Waals surface area contributed by atoms with E-state index >= 15 is 0 Å². The van der Waals surface area contributed by atoms with Gasteiger partial charge in [-0.25, -0.2) is 0 Å².